The zero-order chi connectivity index (χ0) is 21.6. The second kappa shape index (κ2) is 7.30. The van der Waals surface area contributed by atoms with Crippen LogP contribution in [0.4, 0.5) is 0 Å². The first-order valence-electron chi connectivity index (χ1n) is 10.2. The van der Waals surface area contributed by atoms with Crippen LogP contribution in [-0.4, -0.2) is 49.3 Å². The van der Waals surface area contributed by atoms with Crippen molar-refractivity contribution in [2.75, 3.05) is 6.54 Å². The summed E-state index contributed by atoms with van der Waals surface area (Å²) in [6, 6.07) is 0.0677. The fraction of sp³-hybridized carbons (Fsp3) is 0.524. The van der Waals surface area contributed by atoms with E-state index in [1.165, 1.54) is 9.08 Å². The van der Waals surface area contributed by atoms with E-state index in [1.54, 1.807) is 18.3 Å². The molecule has 0 bridgehead atoms. The number of carbonyl (C=O) groups excluding carboxylic acids is 1. The lowest BCUT2D eigenvalue weighted by molar-refractivity contribution is 0.0944. The lowest BCUT2D eigenvalue weighted by Gasteiger charge is -2.16. The number of amides is 1. The van der Waals surface area contributed by atoms with E-state index in [0.29, 0.717) is 30.2 Å². The van der Waals surface area contributed by atoms with E-state index in [9.17, 15) is 14.7 Å². The zero-order valence-electron chi connectivity index (χ0n) is 17.7. The van der Waals surface area contributed by atoms with Crippen molar-refractivity contribution in [3.05, 3.63) is 33.8 Å². The van der Waals surface area contributed by atoms with Crippen molar-refractivity contribution in [1.29, 1.82) is 0 Å². The molecule has 1 saturated carbocycles. The standard InChI is InChI=1S/C21H27N5O4/c1-12(2)10-25-18-13(5-8-15-22-11-21(3,4)30-15)9-23-26(18)20(29)16(19(25)28)17(27)24-14-6-7-14/h5,8-9,12,14,29H,6-7,10-11H2,1-4H3,(H,24,27)/b8-5+. The van der Waals surface area contributed by atoms with E-state index in [0.717, 1.165) is 12.8 Å². The number of rotatable bonds is 6. The number of aromatic nitrogens is 3. The molecule has 2 aromatic rings. The van der Waals surface area contributed by atoms with Crippen molar-refractivity contribution in [3.8, 4) is 5.88 Å². The molecule has 1 fully saturated rings. The van der Waals surface area contributed by atoms with Crippen LogP contribution in [0.1, 0.15) is 56.5 Å². The first-order valence-corrected chi connectivity index (χ1v) is 10.2. The number of hydrogen-bond donors (Lipinski definition) is 2. The molecule has 9 heteroatoms. The molecule has 30 heavy (non-hydrogen) atoms. The van der Waals surface area contributed by atoms with Gasteiger partial charge < -0.3 is 15.2 Å². The average molecular weight is 413 g/mol. The Morgan fingerprint density at radius 1 is 1.40 bits per heavy atom. The van der Waals surface area contributed by atoms with Crippen LogP contribution in [-0.2, 0) is 11.3 Å². The Bertz CT molecular complexity index is 1120. The molecule has 0 radical (unpaired) electrons. The van der Waals surface area contributed by atoms with Crippen molar-refractivity contribution in [3.63, 3.8) is 0 Å². The summed E-state index contributed by atoms with van der Waals surface area (Å²) in [5.74, 6) is -0.376. The number of aliphatic imine (C=N–C) groups is 1. The summed E-state index contributed by atoms with van der Waals surface area (Å²) in [6.45, 7) is 8.82. The Morgan fingerprint density at radius 3 is 2.73 bits per heavy atom. The third kappa shape index (κ3) is 3.83. The van der Waals surface area contributed by atoms with Gasteiger partial charge in [0, 0.05) is 24.2 Å². The monoisotopic (exact) mass is 413 g/mol. The molecule has 3 heterocycles. The van der Waals surface area contributed by atoms with Gasteiger partial charge in [-0.25, -0.2) is 4.99 Å². The summed E-state index contributed by atoms with van der Waals surface area (Å²) in [5, 5.41) is 17.7. The minimum atomic E-state index is -0.567. The van der Waals surface area contributed by atoms with Crippen LogP contribution in [0.3, 0.4) is 0 Å². The Labute approximate surface area is 174 Å². The van der Waals surface area contributed by atoms with Crippen LogP contribution in [0.25, 0.3) is 11.7 Å². The maximum absolute atomic E-state index is 13.2. The molecule has 4 rings (SSSR count). The normalized spacial score (nSPS) is 18.2. The van der Waals surface area contributed by atoms with E-state index in [4.69, 9.17) is 4.74 Å². The molecule has 1 amide bonds. The van der Waals surface area contributed by atoms with Gasteiger partial charge in [0.25, 0.3) is 11.5 Å². The summed E-state index contributed by atoms with van der Waals surface area (Å²) < 4.78 is 8.50. The van der Waals surface area contributed by atoms with Crippen LogP contribution in [0.15, 0.2) is 22.1 Å². The van der Waals surface area contributed by atoms with Gasteiger partial charge in [0.05, 0.1) is 12.7 Å². The number of nitrogens with zero attached hydrogens (tertiary/aromatic N) is 4. The second-order valence-corrected chi connectivity index (χ2v) is 8.94. The Balaban J connectivity index is 1.80. The molecule has 2 aromatic heterocycles. The maximum Gasteiger partial charge on any atom is 0.270 e. The van der Waals surface area contributed by atoms with Crippen molar-refractivity contribution in [2.45, 2.75) is 58.7 Å². The van der Waals surface area contributed by atoms with Gasteiger partial charge in [-0.05, 0) is 38.7 Å². The highest BCUT2D eigenvalue weighted by atomic mass is 16.5. The quantitative estimate of drug-likeness (QED) is 0.752. The molecule has 2 N–H and O–H groups in total. The highest BCUT2D eigenvalue weighted by Crippen LogP contribution is 2.24. The number of hydrogen-bond acceptors (Lipinski definition) is 6. The predicted molar refractivity (Wildman–Crippen MR) is 113 cm³/mol. The van der Waals surface area contributed by atoms with Crippen LogP contribution < -0.4 is 10.9 Å². The third-order valence-electron chi connectivity index (χ3n) is 5.00. The topological polar surface area (TPSA) is 110 Å². The summed E-state index contributed by atoms with van der Waals surface area (Å²) in [7, 11) is 0. The molecule has 0 saturated heterocycles. The van der Waals surface area contributed by atoms with Gasteiger partial charge in [-0.15, -0.1) is 0 Å². The summed E-state index contributed by atoms with van der Waals surface area (Å²) in [5.41, 5.74) is -0.115. The Hall–Kier alpha value is -3.10. The molecule has 2 aliphatic rings. The van der Waals surface area contributed by atoms with E-state index < -0.39 is 17.3 Å². The van der Waals surface area contributed by atoms with Gasteiger partial charge in [0.2, 0.25) is 11.8 Å². The van der Waals surface area contributed by atoms with Crippen molar-refractivity contribution < 1.29 is 14.6 Å². The highest BCUT2D eigenvalue weighted by molar-refractivity contribution is 5.97. The van der Waals surface area contributed by atoms with Gasteiger partial charge in [-0.1, -0.05) is 13.8 Å². The van der Waals surface area contributed by atoms with E-state index >= 15 is 0 Å². The number of ether oxygens (including phenoxy) is 1. The fourth-order valence-electron chi connectivity index (χ4n) is 3.41. The van der Waals surface area contributed by atoms with Gasteiger partial charge in [-0.3, -0.25) is 14.2 Å². The molecule has 0 spiro atoms. The third-order valence-corrected chi connectivity index (χ3v) is 5.00. The van der Waals surface area contributed by atoms with Crippen LogP contribution in [0, 0.1) is 5.92 Å². The van der Waals surface area contributed by atoms with E-state index in [2.05, 4.69) is 15.4 Å². The molecule has 0 unspecified atom stereocenters. The van der Waals surface area contributed by atoms with Gasteiger partial charge >= 0.3 is 0 Å². The molecule has 0 aromatic carbocycles. The predicted octanol–water partition coefficient (Wildman–Crippen LogP) is 1.97. The molecule has 1 aliphatic heterocycles. The first-order chi connectivity index (χ1) is 14.2. The molecule has 1 aliphatic carbocycles. The van der Waals surface area contributed by atoms with Crippen LogP contribution in [0.5, 0.6) is 5.88 Å². The second-order valence-electron chi connectivity index (χ2n) is 8.94. The van der Waals surface area contributed by atoms with Crippen LogP contribution >= 0.6 is 0 Å². The van der Waals surface area contributed by atoms with E-state index in [-0.39, 0.29) is 23.1 Å². The number of fused-ring (bicyclic) bond motifs is 1. The molecule has 9 nitrogen and oxygen atoms in total. The Morgan fingerprint density at radius 2 is 2.13 bits per heavy atom. The van der Waals surface area contributed by atoms with Crippen molar-refractivity contribution >= 4 is 23.5 Å². The van der Waals surface area contributed by atoms with Crippen LogP contribution in [0.2, 0.25) is 0 Å². The number of aromatic hydroxyl groups is 1. The molecular formula is C21H27N5O4. The lowest BCUT2D eigenvalue weighted by Crippen LogP contribution is -2.36. The molecule has 0 atom stereocenters. The fourth-order valence-corrected chi connectivity index (χ4v) is 3.41. The summed E-state index contributed by atoms with van der Waals surface area (Å²) in [4.78, 5) is 30.2. The SMILES string of the molecule is CC(C)Cn1c(=O)c(C(=O)NC2CC2)c(O)n2ncc(/C=C/C3=NCC(C)(C)O3)c12. The number of carbonyl (C=O) groups is 1. The largest absolute Gasteiger partial charge is 0.492 e. The van der Waals surface area contributed by atoms with Crippen molar-refractivity contribution in [1.82, 2.24) is 19.5 Å². The van der Waals surface area contributed by atoms with Gasteiger partial charge in [0.15, 0.2) is 5.56 Å². The first kappa shape index (κ1) is 20.2. The summed E-state index contributed by atoms with van der Waals surface area (Å²) in [6.07, 6.45) is 6.79. The molecular weight excluding hydrogens is 386 g/mol. The minimum Gasteiger partial charge on any atom is -0.492 e. The zero-order valence-corrected chi connectivity index (χ0v) is 17.7. The van der Waals surface area contributed by atoms with E-state index in [1.807, 2.05) is 27.7 Å². The van der Waals surface area contributed by atoms with Crippen molar-refractivity contribution in [2.24, 2.45) is 10.9 Å². The lowest BCUT2D eigenvalue weighted by atomic mass is 10.1. The Kier molecular flexibility index (Phi) is 4.91. The van der Waals surface area contributed by atoms with Gasteiger partial charge in [-0.2, -0.15) is 9.61 Å². The summed E-state index contributed by atoms with van der Waals surface area (Å²) >= 11 is 0. The number of nitrogens with one attached hydrogen (secondary N) is 1. The average Bonchev–Trinajstić information content (AvgIpc) is 3.24. The smallest absolute Gasteiger partial charge is 0.270 e. The maximum atomic E-state index is 13.2. The highest BCUT2D eigenvalue weighted by Gasteiger charge is 2.30. The minimum absolute atomic E-state index is 0.0677. The van der Waals surface area contributed by atoms with Gasteiger partial charge in [0.1, 0.15) is 11.2 Å². The molecule has 160 valence electrons.